The largest absolute Gasteiger partial charge is 0.465 e. The lowest BCUT2D eigenvalue weighted by molar-refractivity contribution is 0.0595. The summed E-state index contributed by atoms with van der Waals surface area (Å²) < 4.78 is 57.4. The van der Waals surface area contributed by atoms with Gasteiger partial charge in [-0.25, -0.2) is 22.4 Å². The van der Waals surface area contributed by atoms with Crippen LogP contribution in [-0.4, -0.2) is 19.0 Å². The molecular weight excluding hydrogens is 318 g/mol. The lowest BCUT2D eigenvalue weighted by atomic mass is 10.1. The Bertz CT molecular complexity index is 793. The van der Waals surface area contributed by atoms with Crippen molar-refractivity contribution in [2.24, 2.45) is 0 Å². The molecular formula is C15H9F4NO3. The van der Waals surface area contributed by atoms with Crippen LogP contribution in [0.15, 0.2) is 30.3 Å². The summed E-state index contributed by atoms with van der Waals surface area (Å²) in [6.07, 6.45) is 0. The van der Waals surface area contributed by atoms with Crippen LogP contribution in [0.2, 0.25) is 0 Å². The molecule has 0 saturated carbocycles. The van der Waals surface area contributed by atoms with E-state index in [0.717, 1.165) is 25.3 Å². The van der Waals surface area contributed by atoms with E-state index < -0.39 is 46.4 Å². The lowest BCUT2D eigenvalue weighted by Crippen LogP contribution is -2.15. The zero-order valence-corrected chi connectivity index (χ0v) is 11.6. The molecule has 0 aliphatic carbocycles. The average molecular weight is 327 g/mol. The highest BCUT2D eigenvalue weighted by Gasteiger charge is 2.18. The number of carbonyl (C=O) groups is 2. The van der Waals surface area contributed by atoms with Crippen LogP contribution in [0.1, 0.15) is 20.7 Å². The zero-order chi connectivity index (χ0) is 17.1. The Morgan fingerprint density at radius 1 is 0.913 bits per heavy atom. The number of hydrogen-bond acceptors (Lipinski definition) is 3. The van der Waals surface area contributed by atoms with Crippen molar-refractivity contribution < 1.29 is 31.9 Å². The van der Waals surface area contributed by atoms with Gasteiger partial charge in [0.2, 0.25) is 0 Å². The van der Waals surface area contributed by atoms with E-state index in [1.807, 2.05) is 5.32 Å². The minimum Gasteiger partial charge on any atom is -0.465 e. The second-order valence-corrected chi connectivity index (χ2v) is 4.39. The number of carbonyl (C=O) groups excluding carboxylic acids is 2. The van der Waals surface area contributed by atoms with Gasteiger partial charge in [-0.2, -0.15) is 0 Å². The minimum absolute atomic E-state index is 0.285. The number of methoxy groups -OCH3 is 1. The van der Waals surface area contributed by atoms with Crippen LogP contribution in [0.25, 0.3) is 0 Å². The fourth-order valence-electron chi connectivity index (χ4n) is 1.74. The van der Waals surface area contributed by atoms with Gasteiger partial charge in [-0.05, 0) is 24.3 Å². The van der Waals surface area contributed by atoms with E-state index in [1.54, 1.807) is 0 Å². The summed E-state index contributed by atoms with van der Waals surface area (Å²) in [5.41, 5.74) is -1.39. The second kappa shape index (κ2) is 6.47. The van der Waals surface area contributed by atoms with Crippen molar-refractivity contribution in [2.45, 2.75) is 0 Å². The molecule has 0 aromatic heterocycles. The first-order chi connectivity index (χ1) is 10.8. The summed E-state index contributed by atoms with van der Waals surface area (Å²) in [5, 5.41) is 2.04. The van der Waals surface area contributed by atoms with Gasteiger partial charge in [0.15, 0.2) is 11.6 Å². The smallest absolute Gasteiger partial charge is 0.340 e. The molecule has 0 radical (unpaired) electrons. The summed E-state index contributed by atoms with van der Waals surface area (Å²) in [6.45, 7) is 0. The Morgan fingerprint density at radius 3 is 2.22 bits per heavy atom. The number of amides is 1. The zero-order valence-electron chi connectivity index (χ0n) is 11.6. The number of rotatable bonds is 3. The van der Waals surface area contributed by atoms with Crippen molar-refractivity contribution in [3.8, 4) is 0 Å². The Hall–Kier alpha value is -2.90. The van der Waals surface area contributed by atoms with Crippen LogP contribution in [0.3, 0.4) is 0 Å². The quantitative estimate of drug-likeness (QED) is 0.695. The number of halogens is 4. The van der Waals surface area contributed by atoms with Crippen molar-refractivity contribution in [3.63, 3.8) is 0 Å². The number of ether oxygens (including phenoxy) is 1. The van der Waals surface area contributed by atoms with Gasteiger partial charge in [-0.15, -0.1) is 0 Å². The van der Waals surface area contributed by atoms with Crippen LogP contribution >= 0.6 is 0 Å². The second-order valence-electron chi connectivity index (χ2n) is 4.39. The highest BCUT2D eigenvalue weighted by atomic mass is 19.2. The molecule has 2 rings (SSSR count). The van der Waals surface area contributed by atoms with Gasteiger partial charge in [-0.3, -0.25) is 4.79 Å². The number of benzene rings is 2. The van der Waals surface area contributed by atoms with Gasteiger partial charge >= 0.3 is 5.97 Å². The molecule has 2 aromatic carbocycles. The molecule has 8 heteroatoms. The summed E-state index contributed by atoms with van der Waals surface area (Å²) >= 11 is 0. The van der Waals surface area contributed by atoms with Crippen LogP contribution in [0.5, 0.6) is 0 Å². The van der Waals surface area contributed by atoms with E-state index in [-0.39, 0.29) is 5.56 Å². The average Bonchev–Trinajstić information content (AvgIpc) is 2.51. The third-order valence-electron chi connectivity index (χ3n) is 2.89. The van der Waals surface area contributed by atoms with Crippen molar-refractivity contribution in [3.05, 3.63) is 64.7 Å². The van der Waals surface area contributed by atoms with Gasteiger partial charge in [0.05, 0.1) is 18.4 Å². The van der Waals surface area contributed by atoms with E-state index in [2.05, 4.69) is 4.74 Å². The molecule has 0 heterocycles. The highest BCUT2D eigenvalue weighted by Crippen LogP contribution is 2.21. The maximum atomic E-state index is 13.7. The fourth-order valence-corrected chi connectivity index (χ4v) is 1.74. The van der Waals surface area contributed by atoms with Gasteiger partial charge in [0, 0.05) is 11.6 Å². The Balaban J connectivity index is 2.33. The molecule has 2 aromatic rings. The van der Waals surface area contributed by atoms with Crippen LogP contribution < -0.4 is 5.32 Å². The standard InChI is InChI=1S/C15H9F4NO3/c1-23-15(22)8-5-13(12(19)6-10(8)17)20-14(21)7-2-3-9(16)11(18)4-7/h2-6H,1H3,(H,20,21). The van der Waals surface area contributed by atoms with Gasteiger partial charge < -0.3 is 10.1 Å². The molecule has 1 N–H and O–H groups in total. The minimum atomic E-state index is -1.26. The topological polar surface area (TPSA) is 55.4 Å². The highest BCUT2D eigenvalue weighted by molar-refractivity contribution is 6.05. The molecule has 0 saturated heterocycles. The number of nitrogens with one attached hydrogen (secondary N) is 1. The fraction of sp³-hybridized carbons (Fsp3) is 0.0667. The normalized spacial score (nSPS) is 10.3. The first kappa shape index (κ1) is 16.5. The van der Waals surface area contributed by atoms with E-state index in [1.165, 1.54) is 0 Å². The maximum Gasteiger partial charge on any atom is 0.340 e. The third kappa shape index (κ3) is 3.47. The van der Waals surface area contributed by atoms with E-state index in [4.69, 9.17) is 0 Å². The Labute approximate surface area is 127 Å². The number of hydrogen-bond donors (Lipinski definition) is 1. The Kier molecular flexibility index (Phi) is 4.63. The molecule has 0 aliphatic rings. The van der Waals surface area contributed by atoms with Crippen molar-refractivity contribution in [1.29, 1.82) is 0 Å². The number of anilines is 1. The molecule has 4 nitrogen and oxygen atoms in total. The molecule has 0 spiro atoms. The predicted molar refractivity (Wildman–Crippen MR) is 72.0 cm³/mol. The van der Waals surface area contributed by atoms with Crippen molar-refractivity contribution in [1.82, 2.24) is 0 Å². The molecule has 23 heavy (non-hydrogen) atoms. The molecule has 0 aliphatic heterocycles. The van der Waals surface area contributed by atoms with E-state index >= 15 is 0 Å². The maximum absolute atomic E-state index is 13.7. The van der Waals surface area contributed by atoms with Crippen molar-refractivity contribution >= 4 is 17.6 Å². The van der Waals surface area contributed by atoms with Crippen LogP contribution in [0, 0.1) is 23.3 Å². The summed E-state index contributed by atoms with van der Waals surface area (Å²) in [5.74, 6) is -6.75. The van der Waals surface area contributed by atoms with Crippen LogP contribution in [-0.2, 0) is 4.74 Å². The first-order valence-corrected chi connectivity index (χ1v) is 6.17. The van der Waals surface area contributed by atoms with Gasteiger partial charge in [0.25, 0.3) is 5.91 Å². The number of esters is 1. The summed E-state index contributed by atoms with van der Waals surface area (Å²) in [6, 6.07) is 3.47. The molecule has 0 bridgehead atoms. The van der Waals surface area contributed by atoms with E-state index in [0.29, 0.717) is 12.1 Å². The van der Waals surface area contributed by atoms with Gasteiger partial charge in [0.1, 0.15) is 11.6 Å². The SMILES string of the molecule is COC(=O)c1cc(NC(=O)c2ccc(F)c(F)c2)c(F)cc1F. The van der Waals surface area contributed by atoms with E-state index in [9.17, 15) is 27.2 Å². The third-order valence-corrected chi connectivity index (χ3v) is 2.89. The first-order valence-electron chi connectivity index (χ1n) is 6.17. The predicted octanol–water partition coefficient (Wildman–Crippen LogP) is 3.28. The summed E-state index contributed by atoms with van der Waals surface area (Å²) in [7, 11) is 1.00. The monoisotopic (exact) mass is 327 g/mol. The Morgan fingerprint density at radius 2 is 1.61 bits per heavy atom. The van der Waals surface area contributed by atoms with Crippen molar-refractivity contribution in [2.75, 3.05) is 12.4 Å². The van der Waals surface area contributed by atoms with Crippen LogP contribution in [0.4, 0.5) is 23.2 Å². The molecule has 0 unspecified atom stereocenters. The molecule has 1 amide bonds. The molecule has 120 valence electrons. The molecule has 0 atom stereocenters. The van der Waals surface area contributed by atoms with Gasteiger partial charge in [-0.1, -0.05) is 0 Å². The lowest BCUT2D eigenvalue weighted by Gasteiger charge is -2.09. The summed E-state index contributed by atoms with van der Waals surface area (Å²) in [4.78, 5) is 23.2. The molecule has 0 fully saturated rings.